The number of aromatic carboxylic acids is 1. The predicted molar refractivity (Wildman–Crippen MR) is 68.8 cm³/mol. The van der Waals surface area contributed by atoms with Crippen LogP contribution in [0.5, 0.6) is 0 Å². The highest BCUT2D eigenvalue weighted by atomic mass is 16.4. The van der Waals surface area contributed by atoms with Crippen LogP contribution in [0.3, 0.4) is 0 Å². The maximum atomic E-state index is 12.1. The molecule has 1 aliphatic rings. The van der Waals surface area contributed by atoms with Crippen LogP contribution in [0, 0.1) is 12.8 Å². The number of fused-ring (bicyclic) bond motifs is 1. The van der Waals surface area contributed by atoms with Crippen molar-refractivity contribution in [3.8, 4) is 0 Å². The van der Waals surface area contributed by atoms with Gasteiger partial charge in [0, 0.05) is 19.5 Å². The average Bonchev–Trinajstić information content (AvgIpc) is 2.65. The van der Waals surface area contributed by atoms with Gasteiger partial charge in [0.15, 0.2) is 5.69 Å². The molecule has 0 bridgehead atoms. The van der Waals surface area contributed by atoms with Crippen LogP contribution in [-0.2, 0) is 17.9 Å². The van der Waals surface area contributed by atoms with Crippen molar-refractivity contribution in [2.45, 2.75) is 40.3 Å². The fourth-order valence-corrected chi connectivity index (χ4v) is 2.41. The first-order valence-electron chi connectivity index (χ1n) is 6.47. The van der Waals surface area contributed by atoms with Crippen LogP contribution < -0.4 is 0 Å². The number of carbonyl (C=O) groups excluding carboxylic acids is 1. The van der Waals surface area contributed by atoms with Crippen LogP contribution in [0.2, 0.25) is 0 Å². The van der Waals surface area contributed by atoms with Gasteiger partial charge in [-0.25, -0.2) is 9.78 Å². The minimum Gasteiger partial charge on any atom is -0.476 e. The Morgan fingerprint density at radius 2 is 2.05 bits per heavy atom. The lowest BCUT2D eigenvalue weighted by Gasteiger charge is -2.29. The van der Waals surface area contributed by atoms with Gasteiger partial charge >= 0.3 is 5.97 Å². The number of rotatable bonds is 3. The molecule has 19 heavy (non-hydrogen) atoms. The van der Waals surface area contributed by atoms with E-state index in [4.69, 9.17) is 5.11 Å². The molecule has 104 valence electrons. The molecule has 1 aliphatic heterocycles. The van der Waals surface area contributed by atoms with Gasteiger partial charge in [0.2, 0.25) is 5.91 Å². The first-order valence-corrected chi connectivity index (χ1v) is 6.47. The van der Waals surface area contributed by atoms with Gasteiger partial charge in [-0.2, -0.15) is 0 Å². The van der Waals surface area contributed by atoms with Crippen LogP contribution >= 0.6 is 0 Å². The lowest BCUT2D eigenvalue weighted by molar-refractivity contribution is -0.133. The third-order valence-corrected chi connectivity index (χ3v) is 3.34. The maximum absolute atomic E-state index is 12.1. The molecule has 1 amide bonds. The SMILES string of the molecule is Cc1nc(C(=O)O)c2n1CCN(C(=O)CC(C)C)C2. The highest BCUT2D eigenvalue weighted by molar-refractivity contribution is 5.87. The van der Waals surface area contributed by atoms with Crippen molar-refractivity contribution in [2.75, 3.05) is 6.54 Å². The van der Waals surface area contributed by atoms with Crippen molar-refractivity contribution in [3.63, 3.8) is 0 Å². The molecule has 6 heteroatoms. The van der Waals surface area contributed by atoms with E-state index in [0.717, 1.165) is 0 Å². The number of carbonyl (C=O) groups is 2. The van der Waals surface area contributed by atoms with Crippen molar-refractivity contribution in [1.82, 2.24) is 14.5 Å². The van der Waals surface area contributed by atoms with Gasteiger partial charge in [0.1, 0.15) is 5.82 Å². The smallest absolute Gasteiger partial charge is 0.356 e. The number of carboxylic acid groups (broad SMARTS) is 1. The zero-order valence-electron chi connectivity index (χ0n) is 11.5. The number of amides is 1. The highest BCUT2D eigenvalue weighted by Gasteiger charge is 2.28. The van der Waals surface area contributed by atoms with Crippen molar-refractivity contribution < 1.29 is 14.7 Å². The molecule has 2 heterocycles. The summed E-state index contributed by atoms with van der Waals surface area (Å²) in [5.41, 5.74) is 0.702. The molecule has 0 saturated carbocycles. The second-order valence-electron chi connectivity index (χ2n) is 5.32. The summed E-state index contributed by atoms with van der Waals surface area (Å²) in [5.74, 6) is 0.0508. The van der Waals surface area contributed by atoms with E-state index in [1.807, 2.05) is 18.4 Å². The number of aryl methyl sites for hydroxylation is 1. The second kappa shape index (κ2) is 5.03. The Morgan fingerprint density at radius 3 is 2.63 bits per heavy atom. The Morgan fingerprint density at radius 1 is 1.37 bits per heavy atom. The lowest BCUT2D eigenvalue weighted by Crippen LogP contribution is -2.39. The molecular formula is C13H19N3O3. The molecule has 1 aromatic rings. The number of imidazole rings is 1. The standard InChI is InChI=1S/C13H19N3O3/c1-8(2)6-11(17)15-4-5-16-9(3)14-12(13(18)19)10(16)7-15/h8H,4-7H2,1-3H3,(H,18,19). The normalized spacial score (nSPS) is 14.6. The van der Waals surface area contributed by atoms with Gasteiger partial charge in [0.25, 0.3) is 0 Å². The summed E-state index contributed by atoms with van der Waals surface area (Å²) < 4.78 is 1.89. The van der Waals surface area contributed by atoms with Crippen LogP contribution in [0.4, 0.5) is 0 Å². The summed E-state index contributed by atoms with van der Waals surface area (Å²) in [6, 6.07) is 0. The van der Waals surface area contributed by atoms with E-state index < -0.39 is 5.97 Å². The molecule has 0 radical (unpaired) electrons. The van der Waals surface area contributed by atoms with Gasteiger partial charge in [-0.1, -0.05) is 13.8 Å². The summed E-state index contributed by atoms with van der Waals surface area (Å²) in [6.07, 6.45) is 0.496. The van der Waals surface area contributed by atoms with Crippen molar-refractivity contribution in [3.05, 3.63) is 17.2 Å². The number of hydrogen-bond acceptors (Lipinski definition) is 3. The largest absolute Gasteiger partial charge is 0.476 e. The lowest BCUT2D eigenvalue weighted by atomic mass is 10.1. The Hall–Kier alpha value is -1.85. The number of hydrogen-bond donors (Lipinski definition) is 1. The zero-order chi connectivity index (χ0) is 14.2. The average molecular weight is 265 g/mol. The molecule has 0 aromatic carbocycles. The van der Waals surface area contributed by atoms with E-state index in [1.54, 1.807) is 11.8 Å². The summed E-state index contributed by atoms with van der Waals surface area (Å²) in [5, 5.41) is 9.15. The first-order chi connectivity index (χ1) is 8.90. The Kier molecular flexibility index (Phi) is 3.59. The van der Waals surface area contributed by atoms with E-state index in [9.17, 15) is 9.59 Å². The summed E-state index contributed by atoms with van der Waals surface area (Å²) in [6.45, 7) is 7.37. The van der Waals surface area contributed by atoms with E-state index in [0.29, 0.717) is 43.5 Å². The molecule has 0 spiro atoms. The third-order valence-electron chi connectivity index (χ3n) is 3.34. The van der Waals surface area contributed by atoms with Crippen LogP contribution in [-0.4, -0.2) is 38.0 Å². The number of nitrogens with zero attached hydrogens (tertiary/aromatic N) is 3. The molecule has 0 fully saturated rings. The minimum atomic E-state index is -1.03. The molecule has 0 atom stereocenters. The fraction of sp³-hybridized carbons (Fsp3) is 0.615. The summed E-state index contributed by atoms with van der Waals surface area (Å²) in [7, 11) is 0. The van der Waals surface area contributed by atoms with Gasteiger partial charge in [0.05, 0.1) is 12.2 Å². The van der Waals surface area contributed by atoms with E-state index >= 15 is 0 Å². The molecule has 0 saturated heterocycles. The molecule has 1 N–H and O–H groups in total. The number of aromatic nitrogens is 2. The molecule has 0 aliphatic carbocycles. The van der Waals surface area contributed by atoms with Gasteiger partial charge in [-0.05, 0) is 12.8 Å². The monoisotopic (exact) mass is 265 g/mol. The van der Waals surface area contributed by atoms with Crippen molar-refractivity contribution in [1.29, 1.82) is 0 Å². The van der Waals surface area contributed by atoms with Gasteiger partial charge in [-0.3, -0.25) is 4.79 Å². The van der Waals surface area contributed by atoms with E-state index in [1.165, 1.54) is 0 Å². The topological polar surface area (TPSA) is 75.4 Å². The summed E-state index contributed by atoms with van der Waals surface area (Å²) >= 11 is 0. The molecule has 1 aromatic heterocycles. The molecule has 2 rings (SSSR count). The molecule has 0 unspecified atom stereocenters. The first kappa shape index (κ1) is 13.6. The van der Waals surface area contributed by atoms with Gasteiger partial charge < -0.3 is 14.6 Å². The quantitative estimate of drug-likeness (QED) is 0.893. The second-order valence-corrected chi connectivity index (χ2v) is 5.32. The van der Waals surface area contributed by atoms with Crippen molar-refractivity contribution >= 4 is 11.9 Å². The molecular weight excluding hydrogens is 246 g/mol. The van der Waals surface area contributed by atoms with E-state index in [2.05, 4.69) is 4.98 Å². The summed E-state index contributed by atoms with van der Waals surface area (Å²) in [4.78, 5) is 29.0. The fourth-order valence-electron chi connectivity index (χ4n) is 2.41. The van der Waals surface area contributed by atoms with Crippen LogP contribution in [0.1, 0.15) is 42.3 Å². The van der Waals surface area contributed by atoms with E-state index in [-0.39, 0.29) is 11.6 Å². The molecule has 6 nitrogen and oxygen atoms in total. The Bertz CT molecular complexity index is 519. The van der Waals surface area contributed by atoms with Gasteiger partial charge in [-0.15, -0.1) is 0 Å². The van der Waals surface area contributed by atoms with Crippen molar-refractivity contribution in [2.24, 2.45) is 5.92 Å². The van der Waals surface area contributed by atoms with Crippen LogP contribution in [0.25, 0.3) is 0 Å². The Balaban J connectivity index is 2.23. The third kappa shape index (κ3) is 2.62. The minimum absolute atomic E-state index is 0.0690. The Labute approximate surface area is 112 Å². The predicted octanol–water partition coefficient (Wildman–Crippen LogP) is 1.28. The van der Waals surface area contributed by atoms with Crippen LogP contribution in [0.15, 0.2) is 0 Å². The number of carboxylic acids is 1. The maximum Gasteiger partial charge on any atom is 0.356 e. The zero-order valence-corrected chi connectivity index (χ0v) is 11.5. The highest BCUT2D eigenvalue weighted by Crippen LogP contribution is 2.20.